The van der Waals surface area contributed by atoms with E-state index in [9.17, 15) is 0 Å². The quantitative estimate of drug-likeness (QED) is 0.175. The summed E-state index contributed by atoms with van der Waals surface area (Å²) in [7, 11) is 0. The SMILES string of the molecule is Cc1cccc(N(c2ccc3c(c2)C2(c4ccccc4-3)c3cc(C(C)(C)C)ccc3-c3ccc(C(C)(C)C)cc32)c2cccc3c2-c2ccccc2C3(C)C)c1. The molecule has 0 fully saturated rings. The summed E-state index contributed by atoms with van der Waals surface area (Å²) in [4.78, 5) is 2.54. The smallest absolute Gasteiger partial charge is 0.0726 e. The van der Waals surface area contributed by atoms with E-state index in [-0.39, 0.29) is 16.2 Å². The van der Waals surface area contributed by atoms with Crippen molar-refractivity contribution in [1.82, 2.24) is 0 Å². The van der Waals surface area contributed by atoms with Crippen molar-refractivity contribution in [2.75, 3.05) is 4.90 Å². The first kappa shape index (κ1) is 34.8. The summed E-state index contributed by atoms with van der Waals surface area (Å²) in [6.07, 6.45) is 0. The van der Waals surface area contributed by atoms with Crippen molar-refractivity contribution in [3.63, 3.8) is 0 Å². The number of nitrogens with zero attached hydrogens (tertiary/aromatic N) is 1. The van der Waals surface area contributed by atoms with Gasteiger partial charge in [0.15, 0.2) is 0 Å². The summed E-state index contributed by atoms with van der Waals surface area (Å²) in [6.45, 7) is 21.0. The molecule has 7 aromatic carbocycles. The van der Waals surface area contributed by atoms with Gasteiger partial charge in [0.25, 0.3) is 0 Å². The zero-order chi connectivity index (χ0) is 38.9. The van der Waals surface area contributed by atoms with Crippen molar-refractivity contribution in [3.8, 4) is 33.4 Å². The molecule has 0 bridgehead atoms. The van der Waals surface area contributed by atoms with E-state index >= 15 is 0 Å². The van der Waals surface area contributed by atoms with Crippen LogP contribution in [0, 0.1) is 6.92 Å². The highest BCUT2D eigenvalue weighted by atomic mass is 15.1. The number of hydrogen-bond acceptors (Lipinski definition) is 1. The molecule has 276 valence electrons. The van der Waals surface area contributed by atoms with Crippen LogP contribution in [0.5, 0.6) is 0 Å². The van der Waals surface area contributed by atoms with Gasteiger partial charge in [0.2, 0.25) is 0 Å². The minimum Gasteiger partial charge on any atom is -0.310 e. The number of anilines is 3. The first-order valence-electron chi connectivity index (χ1n) is 20.4. The molecule has 3 aliphatic rings. The molecule has 3 aliphatic carbocycles. The van der Waals surface area contributed by atoms with Crippen molar-refractivity contribution in [2.45, 2.75) is 84.0 Å². The van der Waals surface area contributed by atoms with Crippen molar-refractivity contribution in [1.29, 1.82) is 0 Å². The first-order valence-corrected chi connectivity index (χ1v) is 20.4. The monoisotopic (exact) mass is 725 g/mol. The molecule has 0 heterocycles. The number of rotatable bonds is 3. The summed E-state index contributed by atoms with van der Waals surface area (Å²) in [5.41, 5.74) is 23.3. The molecule has 56 heavy (non-hydrogen) atoms. The molecule has 1 nitrogen and oxygen atoms in total. The molecule has 0 saturated carbocycles. The molecular formula is C55H51N. The normalized spacial score (nSPS) is 15.2. The number of fused-ring (bicyclic) bond motifs is 13. The largest absolute Gasteiger partial charge is 0.310 e. The second-order valence-electron chi connectivity index (χ2n) is 19.1. The molecule has 1 heteroatoms. The van der Waals surface area contributed by atoms with E-state index in [0.717, 1.165) is 0 Å². The summed E-state index contributed by atoms with van der Waals surface area (Å²) < 4.78 is 0. The Morgan fingerprint density at radius 1 is 0.411 bits per heavy atom. The van der Waals surface area contributed by atoms with Gasteiger partial charge in [-0.25, -0.2) is 0 Å². The minimum atomic E-state index is -0.472. The average molecular weight is 726 g/mol. The van der Waals surface area contributed by atoms with Crippen LogP contribution in [0.1, 0.15) is 105 Å². The fraction of sp³-hybridized carbons (Fsp3) is 0.236. The van der Waals surface area contributed by atoms with Crippen molar-refractivity contribution < 1.29 is 0 Å². The lowest BCUT2D eigenvalue weighted by Gasteiger charge is -2.34. The lowest BCUT2D eigenvalue weighted by molar-refractivity contribution is 0.586. The zero-order valence-electron chi connectivity index (χ0n) is 34.3. The Kier molecular flexibility index (Phi) is 7.26. The predicted molar refractivity (Wildman–Crippen MR) is 237 cm³/mol. The van der Waals surface area contributed by atoms with Gasteiger partial charge >= 0.3 is 0 Å². The highest BCUT2D eigenvalue weighted by molar-refractivity contribution is 5.99. The van der Waals surface area contributed by atoms with Gasteiger partial charge in [0.1, 0.15) is 0 Å². The zero-order valence-corrected chi connectivity index (χ0v) is 34.3. The Labute approximate surface area is 333 Å². The van der Waals surface area contributed by atoms with Crippen LogP contribution in [0.2, 0.25) is 0 Å². The van der Waals surface area contributed by atoms with Gasteiger partial charge in [-0.15, -0.1) is 0 Å². The summed E-state index contributed by atoms with van der Waals surface area (Å²) in [5, 5.41) is 0. The second-order valence-corrected chi connectivity index (χ2v) is 19.1. The van der Waals surface area contributed by atoms with E-state index in [0.29, 0.717) is 0 Å². The fourth-order valence-electron chi connectivity index (χ4n) is 10.4. The average Bonchev–Trinajstić information content (AvgIpc) is 3.72. The molecule has 0 N–H and O–H groups in total. The molecule has 7 aromatic rings. The lowest BCUT2D eigenvalue weighted by atomic mass is 9.68. The van der Waals surface area contributed by atoms with Crippen molar-refractivity contribution >= 4 is 17.1 Å². The molecule has 0 atom stereocenters. The van der Waals surface area contributed by atoms with Gasteiger partial charge in [-0.2, -0.15) is 0 Å². The predicted octanol–water partition coefficient (Wildman–Crippen LogP) is 14.7. The second kappa shape index (κ2) is 11.7. The Morgan fingerprint density at radius 2 is 0.911 bits per heavy atom. The molecular weight excluding hydrogens is 675 g/mol. The third-order valence-corrected chi connectivity index (χ3v) is 13.2. The van der Waals surface area contributed by atoms with Crippen LogP contribution in [0.3, 0.4) is 0 Å². The van der Waals surface area contributed by atoms with Crippen LogP contribution in [-0.2, 0) is 21.7 Å². The van der Waals surface area contributed by atoms with Gasteiger partial charge < -0.3 is 4.90 Å². The molecule has 0 unspecified atom stereocenters. The van der Waals surface area contributed by atoms with Gasteiger partial charge in [0.05, 0.1) is 11.1 Å². The van der Waals surface area contributed by atoms with E-state index in [1.54, 1.807) is 0 Å². The lowest BCUT2D eigenvalue weighted by Crippen LogP contribution is -2.27. The standard InChI is InChI=1S/C55H51N/c1-34-16-14-17-37(30-34)56(50-23-15-22-46-51(50)43-19-11-12-20-44(43)54(46,8)9)38-26-29-42-39-18-10-13-21-45(39)55(49(42)33-38)47-31-35(52(2,3)4)24-27-40(47)41-28-25-36(32-48(41)55)53(5,6)7/h10-33H,1-9H3. The van der Waals surface area contributed by atoms with Gasteiger partial charge in [-0.05, 0) is 126 Å². The van der Waals surface area contributed by atoms with Gasteiger partial charge in [0, 0.05) is 22.4 Å². The first-order chi connectivity index (χ1) is 26.7. The third-order valence-electron chi connectivity index (χ3n) is 13.2. The van der Waals surface area contributed by atoms with E-state index in [2.05, 4.69) is 213 Å². The van der Waals surface area contributed by atoms with Gasteiger partial charge in [-0.3, -0.25) is 0 Å². The Hall–Kier alpha value is -5.66. The van der Waals surface area contributed by atoms with Crippen LogP contribution in [0.15, 0.2) is 146 Å². The summed E-state index contributed by atoms with van der Waals surface area (Å²) >= 11 is 0. The van der Waals surface area contributed by atoms with E-state index < -0.39 is 5.41 Å². The van der Waals surface area contributed by atoms with Crippen LogP contribution in [0.25, 0.3) is 33.4 Å². The van der Waals surface area contributed by atoms with Crippen LogP contribution in [-0.4, -0.2) is 0 Å². The van der Waals surface area contributed by atoms with Crippen molar-refractivity contribution in [2.24, 2.45) is 0 Å². The molecule has 0 radical (unpaired) electrons. The maximum atomic E-state index is 2.55. The molecule has 10 rings (SSSR count). The minimum absolute atomic E-state index is 0.00406. The molecule has 0 aromatic heterocycles. The van der Waals surface area contributed by atoms with Crippen molar-refractivity contribution in [3.05, 3.63) is 196 Å². The van der Waals surface area contributed by atoms with Crippen LogP contribution < -0.4 is 4.90 Å². The number of aryl methyl sites for hydroxylation is 1. The Balaban J connectivity index is 1.31. The molecule has 0 amide bonds. The maximum absolute atomic E-state index is 2.55. The Morgan fingerprint density at radius 3 is 1.54 bits per heavy atom. The number of hydrogen-bond donors (Lipinski definition) is 0. The highest BCUT2D eigenvalue weighted by Gasteiger charge is 2.52. The fourth-order valence-corrected chi connectivity index (χ4v) is 10.4. The maximum Gasteiger partial charge on any atom is 0.0726 e. The van der Waals surface area contributed by atoms with E-state index in [1.807, 2.05) is 0 Å². The van der Waals surface area contributed by atoms with Crippen LogP contribution >= 0.6 is 0 Å². The van der Waals surface area contributed by atoms with Gasteiger partial charge in [-0.1, -0.05) is 171 Å². The number of benzene rings is 7. The summed E-state index contributed by atoms with van der Waals surface area (Å²) in [5.74, 6) is 0. The molecule has 1 spiro atoms. The van der Waals surface area contributed by atoms with Crippen LogP contribution in [0.4, 0.5) is 17.1 Å². The summed E-state index contributed by atoms with van der Waals surface area (Å²) in [6, 6.07) is 56.2. The molecule has 0 aliphatic heterocycles. The molecule has 0 saturated heterocycles. The highest BCUT2D eigenvalue weighted by Crippen LogP contribution is 2.64. The van der Waals surface area contributed by atoms with E-state index in [1.165, 1.54) is 101 Å². The third kappa shape index (κ3) is 4.73. The van der Waals surface area contributed by atoms with E-state index in [4.69, 9.17) is 0 Å². The Bertz CT molecular complexity index is 2700. The topological polar surface area (TPSA) is 3.24 Å².